The van der Waals surface area contributed by atoms with Crippen LogP contribution in [0.25, 0.3) is 108 Å². The number of para-hydroxylation sites is 2. The van der Waals surface area contributed by atoms with E-state index in [0.29, 0.717) is 0 Å². The van der Waals surface area contributed by atoms with Crippen molar-refractivity contribution in [1.29, 1.82) is 0 Å². The van der Waals surface area contributed by atoms with Gasteiger partial charge in [-0.25, -0.2) is 0 Å². The maximum atomic E-state index is 2.47. The van der Waals surface area contributed by atoms with Crippen molar-refractivity contribution in [2.45, 2.75) is 0 Å². The van der Waals surface area contributed by atoms with E-state index >= 15 is 0 Å². The van der Waals surface area contributed by atoms with Gasteiger partial charge in [-0.05, 0) is 100 Å². The minimum atomic E-state index is 1.18. The number of aromatic nitrogens is 2. The van der Waals surface area contributed by atoms with Gasteiger partial charge in [0.1, 0.15) is 0 Å². The molecular formula is C52H32N2S. The Morgan fingerprint density at radius 2 is 0.909 bits per heavy atom. The monoisotopic (exact) mass is 716 g/mol. The number of hydrogen-bond acceptors (Lipinski definition) is 1. The molecule has 3 aromatic heterocycles. The predicted molar refractivity (Wildman–Crippen MR) is 236 cm³/mol. The van der Waals surface area contributed by atoms with Crippen LogP contribution < -0.4 is 0 Å². The van der Waals surface area contributed by atoms with Crippen molar-refractivity contribution in [1.82, 2.24) is 9.13 Å². The zero-order chi connectivity index (χ0) is 36.0. The van der Waals surface area contributed by atoms with Crippen LogP contribution in [0, 0.1) is 0 Å². The molecule has 0 saturated heterocycles. The first-order valence-electron chi connectivity index (χ1n) is 18.8. The number of thiophene rings is 1. The zero-order valence-corrected chi connectivity index (χ0v) is 30.6. The predicted octanol–water partition coefficient (Wildman–Crippen LogP) is 14.7. The highest BCUT2D eigenvalue weighted by molar-refractivity contribution is 7.25. The fourth-order valence-electron chi connectivity index (χ4n) is 8.96. The summed E-state index contributed by atoms with van der Waals surface area (Å²) < 4.78 is 7.55. The van der Waals surface area contributed by atoms with Crippen LogP contribution in [0.15, 0.2) is 194 Å². The molecule has 3 heteroatoms. The molecule has 0 spiro atoms. The van der Waals surface area contributed by atoms with Crippen molar-refractivity contribution >= 4 is 85.9 Å². The molecule has 9 aromatic carbocycles. The Labute approximate surface area is 321 Å². The average Bonchev–Trinajstić information content (AvgIpc) is 3.89. The van der Waals surface area contributed by atoms with Crippen molar-refractivity contribution in [3.63, 3.8) is 0 Å². The molecule has 12 aromatic rings. The second kappa shape index (κ2) is 11.8. The first kappa shape index (κ1) is 30.5. The standard InChI is InChI=1S/C52H32N2S/c1-2-12-33(13-3-1)39-16-6-9-19-46(39)54-49-26-23-37(30-43(49)44-28-34-14-4-5-15-35(34)31-50(44)54)36-22-25-48-42(29-36)40-17-7-10-20-47(40)53(48)38-24-27-52-45(32-38)41-18-8-11-21-51(41)55-52/h1-32H. The molecule has 0 unspecified atom stereocenters. The molecule has 0 aliphatic rings. The van der Waals surface area contributed by atoms with Crippen LogP contribution in [-0.2, 0) is 0 Å². The van der Waals surface area contributed by atoms with E-state index in [2.05, 4.69) is 203 Å². The molecule has 0 bridgehead atoms. The molecule has 12 rings (SSSR count). The topological polar surface area (TPSA) is 9.86 Å². The maximum absolute atomic E-state index is 2.47. The second-order valence-electron chi connectivity index (χ2n) is 14.5. The Morgan fingerprint density at radius 3 is 1.75 bits per heavy atom. The summed E-state index contributed by atoms with van der Waals surface area (Å²) in [6.45, 7) is 0. The fourth-order valence-corrected chi connectivity index (χ4v) is 10.0. The van der Waals surface area contributed by atoms with Crippen molar-refractivity contribution < 1.29 is 0 Å². The van der Waals surface area contributed by atoms with Gasteiger partial charge in [0, 0.05) is 53.0 Å². The molecule has 3 heterocycles. The van der Waals surface area contributed by atoms with Crippen LogP contribution in [0.4, 0.5) is 0 Å². The van der Waals surface area contributed by atoms with Gasteiger partial charge in [-0.1, -0.05) is 121 Å². The molecule has 0 atom stereocenters. The average molecular weight is 717 g/mol. The van der Waals surface area contributed by atoms with Crippen LogP contribution in [0.3, 0.4) is 0 Å². The van der Waals surface area contributed by atoms with Gasteiger partial charge in [0.2, 0.25) is 0 Å². The summed E-state index contributed by atoms with van der Waals surface area (Å²) >= 11 is 1.87. The lowest BCUT2D eigenvalue weighted by Gasteiger charge is -2.14. The molecule has 55 heavy (non-hydrogen) atoms. The maximum Gasteiger partial charge on any atom is 0.0547 e. The lowest BCUT2D eigenvalue weighted by molar-refractivity contribution is 1.18. The smallest absolute Gasteiger partial charge is 0.0547 e. The molecule has 0 amide bonds. The quantitative estimate of drug-likeness (QED) is 0.172. The molecule has 0 saturated carbocycles. The highest BCUT2D eigenvalue weighted by Crippen LogP contribution is 2.42. The van der Waals surface area contributed by atoms with Gasteiger partial charge in [0.05, 0.1) is 27.8 Å². The largest absolute Gasteiger partial charge is 0.309 e. The highest BCUT2D eigenvalue weighted by atomic mass is 32.1. The van der Waals surface area contributed by atoms with Gasteiger partial charge >= 0.3 is 0 Å². The summed E-state index contributed by atoms with van der Waals surface area (Å²) in [7, 11) is 0. The Kier molecular flexibility index (Phi) is 6.54. The van der Waals surface area contributed by atoms with Crippen LogP contribution in [0.1, 0.15) is 0 Å². The van der Waals surface area contributed by atoms with Gasteiger partial charge in [-0.3, -0.25) is 0 Å². The van der Waals surface area contributed by atoms with Crippen LogP contribution >= 0.6 is 11.3 Å². The molecule has 2 nitrogen and oxygen atoms in total. The molecule has 0 N–H and O–H groups in total. The van der Waals surface area contributed by atoms with Gasteiger partial charge in [-0.15, -0.1) is 11.3 Å². The minimum absolute atomic E-state index is 1.18. The molecule has 0 aliphatic heterocycles. The van der Waals surface area contributed by atoms with E-state index in [9.17, 15) is 0 Å². The van der Waals surface area contributed by atoms with Gasteiger partial charge < -0.3 is 9.13 Å². The molecule has 0 radical (unpaired) electrons. The fraction of sp³-hybridized carbons (Fsp3) is 0. The van der Waals surface area contributed by atoms with E-state index < -0.39 is 0 Å². The van der Waals surface area contributed by atoms with Crippen LogP contribution in [0.5, 0.6) is 0 Å². The highest BCUT2D eigenvalue weighted by Gasteiger charge is 2.19. The van der Waals surface area contributed by atoms with Gasteiger partial charge in [0.25, 0.3) is 0 Å². The molecular weight excluding hydrogens is 685 g/mol. The number of benzene rings is 9. The third kappa shape index (κ3) is 4.60. The third-order valence-corrected chi connectivity index (χ3v) is 12.6. The van der Waals surface area contributed by atoms with Crippen molar-refractivity contribution in [3.05, 3.63) is 194 Å². The number of rotatable bonds is 4. The Morgan fingerprint density at radius 1 is 0.309 bits per heavy atom. The van der Waals surface area contributed by atoms with Crippen LogP contribution in [0.2, 0.25) is 0 Å². The summed E-state index contributed by atoms with van der Waals surface area (Å²) in [5.74, 6) is 0. The van der Waals surface area contributed by atoms with E-state index in [4.69, 9.17) is 0 Å². The number of hydrogen-bond donors (Lipinski definition) is 0. The summed E-state index contributed by atoms with van der Waals surface area (Å²) in [5, 5.41) is 10.1. The third-order valence-electron chi connectivity index (χ3n) is 11.5. The van der Waals surface area contributed by atoms with E-state index in [1.807, 2.05) is 11.3 Å². The van der Waals surface area contributed by atoms with Crippen molar-refractivity contribution in [2.24, 2.45) is 0 Å². The van der Waals surface area contributed by atoms with Crippen molar-refractivity contribution in [3.8, 4) is 33.6 Å². The van der Waals surface area contributed by atoms with E-state index in [0.717, 1.165) is 0 Å². The zero-order valence-electron chi connectivity index (χ0n) is 29.8. The summed E-state index contributed by atoms with van der Waals surface area (Å²) in [6, 6.07) is 71.5. The Hall–Kier alpha value is -6.94. The van der Waals surface area contributed by atoms with Gasteiger partial charge in [-0.2, -0.15) is 0 Å². The van der Waals surface area contributed by atoms with E-state index in [1.165, 1.54) is 108 Å². The molecule has 256 valence electrons. The minimum Gasteiger partial charge on any atom is -0.309 e. The van der Waals surface area contributed by atoms with Gasteiger partial charge in [0.15, 0.2) is 0 Å². The summed E-state index contributed by atoms with van der Waals surface area (Å²) in [4.78, 5) is 0. The first-order chi connectivity index (χ1) is 27.3. The SMILES string of the molecule is c1ccc(-c2ccccc2-n2c3ccc(-c4ccc5c(c4)c4ccccc4n5-c4ccc5sc6ccccc6c5c4)cc3c3cc4ccccc4cc32)cc1. The Bertz CT molecular complexity index is 3490. The second-order valence-corrected chi connectivity index (χ2v) is 15.6. The lowest BCUT2D eigenvalue weighted by Crippen LogP contribution is -1.97. The number of fused-ring (bicyclic) bond motifs is 10. The molecule has 0 aliphatic carbocycles. The van der Waals surface area contributed by atoms with Crippen molar-refractivity contribution in [2.75, 3.05) is 0 Å². The van der Waals surface area contributed by atoms with E-state index in [-0.39, 0.29) is 0 Å². The lowest BCUT2D eigenvalue weighted by atomic mass is 10.00. The van der Waals surface area contributed by atoms with Crippen LogP contribution in [-0.4, -0.2) is 9.13 Å². The summed E-state index contributed by atoms with van der Waals surface area (Å²) in [5.41, 5.74) is 12.1. The Balaban J connectivity index is 1.07. The summed E-state index contributed by atoms with van der Waals surface area (Å²) in [6.07, 6.45) is 0. The van der Waals surface area contributed by atoms with E-state index in [1.54, 1.807) is 0 Å². The molecule has 0 fully saturated rings. The normalized spacial score (nSPS) is 12.0. The first-order valence-corrected chi connectivity index (χ1v) is 19.7. The number of nitrogens with zero attached hydrogens (tertiary/aromatic N) is 2.